The van der Waals surface area contributed by atoms with Crippen LogP contribution in [0.4, 0.5) is 0 Å². The lowest BCUT2D eigenvalue weighted by Gasteiger charge is -2.14. The van der Waals surface area contributed by atoms with Gasteiger partial charge in [-0.15, -0.1) is 0 Å². The predicted octanol–water partition coefficient (Wildman–Crippen LogP) is 10.0. The third-order valence-corrected chi connectivity index (χ3v) is 9.62. The number of hydrogen-bond donors (Lipinski definition) is 0. The molecule has 0 saturated heterocycles. The van der Waals surface area contributed by atoms with E-state index in [2.05, 4.69) is 29.9 Å². The largest absolute Gasteiger partial charge is 0.255 e. The molecule has 10 heterocycles. The molecule has 0 bridgehead atoms. The molecule has 0 aliphatic rings. The lowest BCUT2D eigenvalue weighted by atomic mass is 10.0. The maximum Gasteiger partial charge on any atom is 0.160 e. The maximum atomic E-state index is 5.31. The summed E-state index contributed by atoms with van der Waals surface area (Å²) in [7, 11) is 0. The summed E-state index contributed by atoms with van der Waals surface area (Å²) < 4.78 is 0. The van der Waals surface area contributed by atoms with Crippen LogP contribution in [0.2, 0.25) is 0 Å². The number of aromatic nitrogens is 11. The average molecular weight is 774 g/mol. The van der Waals surface area contributed by atoms with Crippen molar-refractivity contribution in [3.8, 4) is 102 Å². The second-order valence-corrected chi connectivity index (χ2v) is 13.6. The highest BCUT2D eigenvalue weighted by atomic mass is 14.9. The first-order valence-corrected chi connectivity index (χ1v) is 19.2. The zero-order chi connectivity index (χ0) is 40.1. The van der Waals surface area contributed by atoms with E-state index in [-0.39, 0.29) is 0 Å². The molecule has 10 aromatic rings. The Hall–Kier alpha value is -8.57. The fraction of sp³-hybridized carbons (Fsp3) is 0. The second kappa shape index (κ2) is 16.1. The van der Waals surface area contributed by atoms with Gasteiger partial charge in [-0.1, -0.05) is 36.4 Å². The number of nitrogens with zero attached hydrogens (tertiary/aromatic N) is 11. The van der Waals surface area contributed by atoms with Crippen LogP contribution in [0, 0.1) is 0 Å². The van der Waals surface area contributed by atoms with Gasteiger partial charge in [0.1, 0.15) is 0 Å². The molecule has 0 aliphatic carbocycles. The molecule has 11 heteroatoms. The highest BCUT2D eigenvalue weighted by molar-refractivity contribution is 5.81. The Morgan fingerprint density at radius 3 is 0.683 bits per heavy atom. The lowest BCUT2D eigenvalue weighted by molar-refractivity contribution is 1.16. The lowest BCUT2D eigenvalue weighted by Crippen LogP contribution is -2.01. The summed E-state index contributed by atoms with van der Waals surface area (Å²) in [6.45, 7) is 0. The van der Waals surface area contributed by atoms with E-state index in [4.69, 9.17) is 24.9 Å². The fourth-order valence-electron chi connectivity index (χ4n) is 6.76. The van der Waals surface area contributed by atoms with Gasteiger partial charge < -0.3 is 0 Å². The Kier molecular flexibility index (Phi) is 9.62. The minimum Gasteiger partial charge on any atom is -0.255 e. The van der Waals surface area contributed by atoms with Crippen molar-refractivity contribution in [2.24, 2.45) is 0 Å². The van der Waals surface area contributed by atoms with Crippen molar-refractivity contribution < 1.29 is 0 Å². The standard InChI is InChI=1S/C49H31N11/c1-7-19-50-35(13-1)43-25-32(26-44(56-43)36-14-2-8-20-51-36)41-31-42(33-27-45(37-15-3-9-21-52-37)57-46(28-33)38-16-4-10-22-53-38)60-49(59-41)34-29-47(39-17-5-11-23-54-39)58-48(30-34)40-18-6-12-24-55-40/h1-31H. The molecule has 0 aromatic carbocycles. The first-order chi connectivity index (χ1) is 29.7. The molecule has 0 N–H and O–H groups in total. The zero-order valence-electron chi connectivity index (χ0n) is 31.8. The molecule has 0 aliphatic heterocycles. The van der Waals surface area contributed by atoms with Gasteiger partial charge in [-0.25, -0.2) is 24.9 Å². The summed E-state index contributed by atoms with van der Waals surface area (Å²) in [6.07, 6.45) is 10.5. The number of rotatable bonds is 9. The molecular formula is C49H31N11. The summed E-state index contributed by atoms with van der Waals surface area (Å²) in [4.78, 5) is 53.6. The summed E-state index contributed by atoms with van der Waals surface area (Å²) in [6, 6.07) is 48.5. The van der Waals surface area contributed by atoms with Crippen molar-refractivity contribution in [3.05, 3.63) is 189 Å². The zero-order valence-corrected chi connectivity index (χ0v) is 31.8. The Bertz CT molecular complexity index is 2550. The van der Waals surface area contributed by atoms with E-state index in [1.165, 1.54) is 0 Å². The Morgan fingerprint density at radius 2 is 0.450 bits per heavy atom. The van der Waals surface area contributed by atoms with E-state index in [9.17, 15) is 0 Å². The van der Waals surface area contributed by atoms with E-state index >= 15 is 0 Å². The van der Waals surface area contributed by atoms with Crippen LogP contribution in [0.1, 0.15) is 0 Å². The quantitative estimate of drug-likeness (QED) is 0.138. The second-order valence-electron chi connectivity index (χ2n) is 13.6. The third-order valence-electron chi connectivity index (χ3n) is 9.62. The predicted molar refractivity (Wildman–Crippen MR) is 231 cm³/mol. The van der Waals surface area contributed by atoms with Crippen LogP contribution >= 0.6 is 0 Å². The minimum atomic E-state index is 0.463. The van der Waals surface area contributed by atoms with Crippen molar-refractivity contribution in [1.82, 2.24) is 54.8 Å². The van der Waals surface area contributed by atoms with Crippen molar-refractivity contribution in [2.45, 2.75) is 0 Å². The van der Waals surface area contributed by atoms with Crippen molar-refractivity contribution in [1.29, 1.82) is 0 Å². The van der Waals surface area contributed by atoms with E-state index < -0.39 is 0 Å². The molecule has 60 heavy (non-hydrogen) atoms. The highest BCUT2D eigenvalue weighted by Crippen LogP contribution is 2.35. The highest BCUT2D eigenvalue weighted by Gasteiger charge is 2.19. The normalized spacial score (nSPS) is 11.0. The van der Waals surface area contributed by atoms with Gasteiger partial charge in [0.05, 0.1) is 79.7 Å². The first-order valence-electron chi connectivity index (χ1n) is 19.2. The maximum absolute atomic E-state index is 5.31. The molecule has 10 aromatic heterocycles. The Labute approximate surface area is 344 Å². The van der Waals surface area contributed by atoms with Crippen LogP contribution in [-0.4, -0.2) is 54.8 Å². The van der Waals surface area contributed by atoms with Crippen LogP contribution in [0.15, 0.2) is 189 Å². The van der Waals surface area contributed by atoms with Gasteiger partial charge in [0.25, 0.3) is 0 Å². The molecule has 10 rings (SSSR count). The van der Waals surface area contributed by atoms with E-state index in [0.29, 0.717) is 85.5 Å². The van der Waals surface area contributed by atoms with Crippen LogP contribution in [0.3, 0.4) is 0 Å². The fourth-order valence-corrected chi connectivity index (χ4v) is 6.76. The topological polar surface area (TPSA) is 142 Å². The summed E-state index contributed by atoms with van der Waals surface area (Å²) in [5.41, 5.74) is 11.9. The van der Waals surface area contributed by atoms with E-state index in [0.717, 1.165) is 16.7 Å². The van der Waals surface area contributed by atoms with Gasteiger partial charge in [-0.3, -0.25) is 29.9 Å². The minimum absolute atomic E-state index is 0.463. The van der Waals surface area contributed by atoms with E-state index in [1.54, 1.807) is 37.2 Å². The third kappa shape index (κ3) is 7.61. The van der Waals surface area contributed by atoms with Crippen molar-refractivity contribution in [3.63, 3.8) is 0 Å². The molecule has 0 spiro atoms. The molecule has 11 nitrogen and oxygen atoms in total. The Balaban J connectivity index is 1.24. The summed E-state index contributed by atoms with van der Waals surface area (Å²) >= 11 is 0. The molecule has 0 fully saturated rings. The molecule has 0 atom stereocenters. The van der Waals surface area contributed by atoms with Gasteiger partial charge >= 0.3 is 0 Å². The van der Waals surface area contributed by atoms with Crippen LogP contribution in [0.25, 0.3) is 102 Å². The monoisotopic (exact) mass is 773 g/mol. The number of pyridine rings is 9. The van der Waals surface area contributed by atoms with E-state index in [1.807, 2.05) is 152 Å². The molecule has 0 radical (unpaired) electrons. The van der Waals surface area contributed by atoms with Crippen LogP contribution < -0.4 is 0 Å². The Morgan fingerprint density at radius 1 is 0.200 bits per heavy atom. The van der Waals surface area contributed by atoms with Crippen LogP contribution in [0.5, 0.6) is 0 Å². The smallest absolute Gasteiger partial charge is 0.160 e. The molecule has 282 valence electrons. The van der Waals surface area contributed by atoms with Crippen LogP contribution in [-0.2, 0) is 0 Å². The first kappa shape index (κ1) is 35.8. The molecule has 0 unspecified atom stereocenters. The molecule has 0 amide bonds. The average Bonchev–Trinajstić information content (AvgIpc) is 3.35. The van der Waals surface area contributed by atoms with Crippen molar-refractivity contribution >= 4 is 0 Å². The van der Waals surface area contributed by atoms with Gasteiger partial charge in [-0.2, -0.15) is 0 Å². The van der Waals surface area contributed by atoms with Gasteiger partial charge in [0, 0.05) is 53.9 Å². The molecular weight excluding hydrogens is 743 g/mol. The van der Waals surface area contributed by atoms with Gasteiger partial charge in [0.2, 0.25) is 0 Å². The SMILES string of the molecule is c1ccc(-c2cc(-c3cc(-c4cc(-c5ccccn5)nc(-c5ccccn5)c4)nc(-c4cc(-c5ccccn5)nc(-c5ccccn5)c4)n3)cc(-c3ccccn3)n2)nc1. The number of hydrogen-bond acceptors (Lipinski definition) is 11. The summed E-state index contributed by atoms with van der Waals surface area (Å²) in [5, 5.41) is 0. The van der Waals surface area contributed by atoms with Gasteiger partial charge in [-0.05, 0) is 115 Å². The molecule has 0 saturated carbocycles. The van der Waals surface area contributed by atoms with Gasteiger partial charge in [0.15, 0.2) is 5.82 Å². The summed E-state index contributed by atoms with van der Waals surface area (Å²) in [5.74, 6) is 0.463. The van der Waals surface area contributed by atoms with Crippen molar-refractivity contribution in [2.75, 3.05) is 0 Å².